The van der Waals surface area contributed by atoms with Crippen molar-refractivity contribution in [2.24, 2.45) is 0 Å². The number of aromatic amines is 1. The van der Waals surface area contributed by atoms with Gasteiger partial charge >= 0.3 is 0 Å². The Kier molecular flexibility index (Phi) is 4.41. The molecule has 148 valence electrons. The largest absolute Gasteiger partial charge is 0.497 e. The molecular weight excluding hydrogens is 380 g/mol. The SMILES string of the molecule is COc1ccc(NS(=O)(=O)c2c(C)[nH]c(-c3nnc(C4CC4)o3)c2C)c(C)c1. The smallest absolute Gasteiger partial charge is 0.264 e. The van der Waals surface area contributed by atoms with Crippen molar-refractivity contribution in [3.05, 3.63) is 40.9 Å². The first-order valence-corrected chi connectivity index (χ1v) is 10.5. The van der Waals surface area contributed by atoms with Gasteiger partial charge in [0, 0.05) is 17.2 Å². The van der Waals surface area contributed by atoms with Crippen molar-refractivity contribution in [1.29, 1.82) is 0 Å². The number of anilines is 1. The summed E-state index contributed by atoms with van der Waals surface area (Å²) in [7, 11) is -2.24. The molecule has 0 atom stereocenters. The van der Waals surface area contributed by atoms with Gasteiger partial charge in [-0.05, 0) is 57.4 Å². The summed E-state index contributed by atoms with van der Waals surface area (Å²) < 4.78 is 39.8. The fourth-order valence-electron chi connectivity index (χ4n) is 3.25. The van der Waals surface area contributed by atoms with Crippen molar-refractivity contribution in [3.8, 4) is 17.3 Å². The first kappa shape index (κ1) is 18.5. The topological polar surface area (TPSA) is 110 Å². The fourth-order valence-corrected chi connectivity index (χ4v) is 4.83. The van der Waals surface area contributed by atoms with Gasteiger partial charge < -0.3 is 14.1 Å². The van der Waals surface area contributed by atoms with Crippen LogP contribution in [0.5, 0.6) is 5.75 Å². The van der Waals surface area contributed by atoms with E-state index >= 15 is 0 Å². The first-order chi connectivity index (χ1) is 13.3. The maximum absolute atomic E-state index is 13.1. The summed E-state index contributed by atoms with van der Waals surface area (Å²) >= 11 is 0. The predicted octanol–water partition coefficient (Wildman–Crippen LogP) is 3.68. The number of H-pyrrole nitrogens is 1. The first-order valence-electron chi connectivity index (χ1n) is 9.00. The van der Waals surface area contributed by atoms with Crippen LogP contribution in [0.4, 0.5) is 5.69 Å². The number of aromatic nitrogens is 3. The Bertz CT molecular complexity index is 1140. The number of sulfonamides is 1. The van der Waals surface area contributed by atoms with Crippen molar-refractivity contribution in [3.63, 3.8) is 0 Å². The Morgan fingerprint density at radius 3 is 2.61 bits per heavy atom. The average molecular weight is 402 g/mol. The van der Waals surface area contributed by atoms with Gasteiger partial charge in [0.15, 0.2) is 0 Å². The molecule has 1 aliphatic rings. The number of benzene rings is 1. The molecule has 0 unspecified atom stereocenters. The molecule has 4 rings (SSSR count). The Hall–Kier alpha value is -2.81. The Balaban J connectivity index is 1.68. The van der Waals surface area contributed by atoms with E-state index < -0.39 is 10.0 Å². The highest BCUT2D eigenvalue weighted by atomic mass is 32.2. The summed E-state index contributed by atoms with van der Waals surface area (Å²) in [4.78, 5) is 3.28. The molecule has 2 aromatic heterocycles. The van der Waals surface area contributed by atoms with Crippen LogP contribution in [0.2, 0.25) is 0 Å². The molecular formula is C19H22N4O4S. The third-order valence-electron chi connectivity index (χ3n) is 4.90. The molecule has 28 heavy (non-hydrogen) atoms. The number of ether oxygens (including phenoxy) is 1. The highest BCUT2D eigenvalue weighted by molar-refractivity contribution is 7.92. The van der Waals surface area contributed by atoms with Crippen LogP contribution in [-0.2, 0) is 10.0 Å². The molecule has 0 bridgehead atoms. The second kappa shape index (κ2) is 6.66. The van der Waals surface area contributed by atoms with Crippen molar-refractivity contribution < 1.29 is 17.6 Å². The second-order valence-electron chi connectivity index (χ2n) is 7.09. The van der Waals surface area contributed by atoms with Crippen LogP contribution < -0.4 is 9.46 Å². The molecule has 3 aromatic rings. The molecule has 0 spiro atoms. The fraction of sp³-hybridized carbons (Fsp3) is 0.368. The van der Waals surface area contributed by atoms with Gasteiger partial charge in [-0.15, -0.1) is 10.2 Å². The number of hydrogen-bond donors (Lipinski definition) is 2. The minimum absolute atomic E-state index is 0.184. The van der Waals surface area contributed by atoms with Crippen molar-refractivity contribution in [2.45, 2.75) is 44.4 Å². The van der Waals surface area contributed by atoms with E-state index in [-0.39, 0.29) is 4.90 Å². The second-order valence-corrected chi connectivity index (χ2v) is 8.70. The zero-order chi connectivity index (χ0) is 20.1. The third kappa shape index (κ3) is 3.26. The molecule has 2 heterocycles. The van der Waals surface area contributed by atoms with Crippen LogP contribution >= 0.6 is 0 Å². The predicted molar refractivity (Wildman–Crippen MR) is 104 cm³/mol. The van der Waals surface area contributed by atoms with Gasteiger partial charge in [0.25, 0.3) is 15.9 Å². The number of rotatable bonds is 6. The molecule has 0 aliphatic heterocycles. The highest BCUT2D eigenvalue weighted by Gasteiger charge is 2.31. The van der Waals surface area contributed by atoms with Crippen LogP contribution in [0.25, 0.3) is 11.6 Å². The standard InChI is InChI=1S/C19H22N4O4S/c1-10-9-14(26-4)7-8-15(10)23-28(24,25)17-11(2)16(20-12(17)3)19-22-21-18(27-19)13-5-6-13/h7-9,13,20,23H,5-6H2,1-4H3. The van der Waals surface area contributed by atoms with E-state index in [4.69, 9.17) is 9.15 Å². The summed E-state index contributed by atoms with van der Waals surface area (Å²) in [6.07, 6.45) is 2.10. The van der Waals surface area contributed by atoms with E-state index in [2.05, 4.69) is 19.9 Å². The molecule has 1 saturated carbocycles. The van der Waals surface area contributed by atoms with Crippen LogP contribution in [0.15, 0.2) is 27.5 Å². The summed E-state index contributed by atoms with van der Waals surface area (Å²) in [6, 6.07) is 5.17. The van der Waals surface area contributed by atoms with E-state index in [0.29, 0.717) is 46.1 Å². The lowest BCUT2D eigenvalue weighted by Gasteiger charge is -2.12. The Morgan fingerprint density at radius 1 is 1.21 bits per heavy atom. The van der Waals surface area contributed by atoms with Crippen LogP contribution in [0.3, 0.4) is 0 Å². The van der Waals surface area contributed by atoms with E-state index in [9.17, 15) is 8.42 Å². The molecule has 2 N–H and O–H groups in total. The van der Waals surface area contributed by atoms with E-state index in [0.717, 1.165) is 18.4 Å². The van der Waals surface area contributed by atoms with Gasteiger partial charge in [0.2, 0.25) is 5.89 Å². The zero-order valence-electron chi connectivity index (χ0n) is 16.2. The Morgan fingerprint density at radius 2 is 1.96 bits per heavy atom. The summed E-state index contributed by atoms with van der Waals surface area (Å²) in [5.74, 6) is 1.92. The number of nitrogens with zero attached hydrogens (tertiary/aromatic N) is 2. The summed E-state index contributed by atoms with van der Waals surface area (Å²) in [5, 5.41) is 8.16. The van der Waals surface area contributed by atoms with Crippen molar-refractivity contribution in [1.82, 2.24) is 15.2 Å². The number of methoxy groups -OCH3 is 1. The summed E-state index contributed by atoms with van der Waals surface area (Å²) in [5.41, 5.74) is 2.85. The Labute approximate surface area is 163 Å². The molecule has 0 radical (unpaired) electrons. The third-order valence-corrected chi connectivity index (χ3v) is 6.53. The van der Waals surface area contributed by atoms with E-state index in [1.165, 1.54) is 0 Å². The molecule has 9 heteroatoms. The van der Waals surface area contributed by atoms with Gasteiger partial charge in [-0.25, -0.2) is 8.42 Å². The molecule has 1 fully saturated rings. The van der Waals surface area contributed by atoms with Crippen molar-refractivity contribution in [2.75, 3.05) is 11.8 Å². The molecule has 0 amide bonds. The molecule has 8 nitrogen and oxygen atoms in total. The van der Waals surface area contributed by atoms with Crippen LogP contribution in [0.1, 0.15) is 41.5 Å². The van der Waals surface area contributed by atoms with E-state index in [1.807, 2.05) is 6.92 Å². The zero-order valence-corrected chi connectivity index (χ0v) is 17.0. The molecule has 1 aromatic carbocycles. The monoisotopic (exact) mass is 402 g/mol. The molecule has 0 saturated heterocycles. The minimum atomic E-state index is -3.81. The van der Waals surface area contributed by atoms with Crippen molar-refractivity contribution >= 4 is 15.7 Å². The van der Waals surface area contributed by atoms with Crippen LogP contribution in [0, 0.1) is 20.8 Å². The highest BCUT2D eigenvalue weighted by Crippen LogP contribution is 2.40. The lowest BCUT2D eigenvalue weighted by atomic mass is 10.2. The summed E-state index contributed by atoms with van der Waals surface area (Å²) in [6.45, 7) is 5.26. The van der Waals surface area contributed by atoms with Gasteiger partial charge in [-0.2, -0.15) is 0 Å². The van der Waals surface area contributed by atoms with Gasteiger partial charge in [-0.3, -0.25) is 4.72 Å². The van der Waals surface area contributed by atoms with Gasteiger partial charge in [0.1, 0.15) is 16.3 Å². The average Bonchev–Trinajstić information content (AvgIpc) is 3.29. The van der Waals surface area contributed by atoms with Gasteiger partial charge in [0.05, 0.1) is 12.8 Å². The number of hydrogen-bond acceptors (Lipinski definition) is 6. The van der Waals surface area contributed by atoms with Gasteiger partial charge in [-0.1, -0.05) is 0 Å². The normalized spacial score (nSPS) is 14.3. The maximum atomic E-state index is 13.1. The van der Waals surface area contributed by atoms with E-state index in [1.54, 1.807) is 39.2 Å². The molecule has 1 aliphatic carbocycles. The quantitative estimate of drug-likeness (QED) is 0.651. The number of nitrogens with one attached hydrogen (secondary N) is 2. The van der Waals surface area contributed by atoms with Crippen LogP contribution in [-0.4, -0.2) is 30.7 Å². The lowest BCUT2D eigenvalue weighted by molar-refractivity contribution is 0.414. The maximum Gasteiger partial charge on any atom is 0.264 e. The number of aryl methyl sites for hydroxylation is 2. The lowest BCUT2D eigenvalue weighted by Crippen LogP contribution is -2.15. The minimum Gasteiger partial charge on any atom is -0.497 e.